The predicted octanol–water partition coefficient (Wildman–Crippen LogP) is 3.07. The lowest BCUT2D eigenvalue weighted by molar-refractivity contribution is -0.129. The summed E-state index contributed by atoms with van der Waals surface area (Å²) >= 11 is 3.27. The predicted molar refractivity (Wildman–Crippen MR) is 82.8 cm³/mol. The monoisotopic (exact) mass is 366 g/mol. The number of hydrogen-bond acceptors (Lipinski definition) is 4. The fourth-order valence-electron chi connectivity index (χ4n) is 1.75. The number of methoxy groups -OCH3 is 1. The van der Waals surface area contributed by atoms with Gasteiger partial charge in [0.15, 0.2) is 17.3 Å². The number of aliphatic carboxylic acids is 1. The maximum absolute atomic E-state index is 13.4. The van der Waals surface area contributed by atoms with Gasteiger partial charge in [-0.25, -0.2) is 9.18 Å². The SMILES string of the molecule is COc1cc(C(=NCc2ccc(Br)cn2)C(=O)O)ccc1F. The zero-order valence-electron chi connectivity index (χ0n) is 11.6. The average Bonchev–Trinajstić information content (AvgIpc) is 2.50. The van der Waals surface area contributed by atoms with Gasteiger partial charge in [0.2, 0.25) is 0 Å². The van der Waals surface area contributed by atoms with Crippen LogP contribution in [-0.4, -0.2) is 28.9 Å². The fourth-order valence-corrected chi connectivity index (χ4v) is 1.98. The maximum Gasteiger partial charge on any atom is 0.354 e. The minimum absolute atomic E-state index is 0.0341. The van der Waals surface area contributed by atoms with Gasteiger partial charge in [0.1, 0.15) is 0 Å². The highest BCUT2D eigenvalue weighted by Crippen LogP contribution is 2.19. The second-order valence-electron chi connectivity index (χ2n) is 4.29. The summed E-state index contributed by atoms with van der Waals surface area (Å²) < 4.78 is 19.1. The Bertz CT molecular complexity index is 717. The quantitative estimate of drug-likeness (QED) is 0.825. The van der Waals surface area contributed by atoms with Gasteiger partial charge in [0.25, 0.3) is 0 Å². The van der Waals surface area contributed by atoms with Gasteiger partial charge in [-0.3, -0.25) is 9.98 Å². The Balaban J connectivity index is 2.31. The van der Waals surface area contributed by atoms with Crippen LogP contribution in [0.25, 0.3) is 0 Å². The highest BCUT2D eigenvalue weighted by molar-refractivity contribution is 9.10. The first-order valence-corrected chi connectivity index (χ1v) is 7.02. The molecule has 0 saturated carbocycles. The van der Waals surface area contributed by atoms with Crippen LogP contribution < -0.4 is 4.74 Å². The van der Waals surface area contributed by atoms with Gasteiger partial charge >= 0.3 is 5.97 Å². The molecular formula is C15H12BrFN2O3. The van der Waals surface area contributed by atoms with Crippen LogP contribution >= 0.6 is 15.9 Å². The van der Waals surface area contributed by atoms with E-state index in [2.05, 4.69) is 25.9 Å². The number of carboxylic acid groups (broad SMARTS) is 1. The lowest BCUT2D eigenvalue weighted by atomic mass is 10.1. The molecule has 1 aromatic carbocycles. The van der Waals surface area contributed by atoms with Crippen LogP contribution in [0, 0.1) is 5.82 Å². The minimum atomic E-state index is -1.20. The molecule has 2 rings (SSSR count). The molecule has 0 aliphatic carbocycles. The van der Waals surface area contributed by atoms with Crippen molar-refractivity contribution in [2.45, 2.75) is 6.54 Å². The molecule has 7 heteroatoms. The third-order valence-electron chi connectivity index (χ3n) is 2.81. The van der Waals surface area contributed by atoms with Crippen LogP contribution in [0.1, 0.15) is 11.3 Å². The molecule has 1 heterocycles. The Morgan fingerprint density at radius 1 is 1.41 bits per heavy atom. The zero-order valence-corrected chi connectivity index (χ0v) is 13.2. The summed E-state index contributed by atoms with van der Waals surface area (Å²) in [4.78, 5) is 19.5. The van der Waals surface area contributed by atoms with Crippen LogP contribution in [0.5, 0.6) is 5.75 Å². The Kier molecular flexibility index (Phi) is 5.21. The second-order valence-corrected chi connectivity index (χ2v) is 5.20. The van der Waals surface area contributed by atoms with Gasteiger partial charge in [0, 0.05) is 16.2 Å². The first-order valence-electron chi connectivity index (χ1n) is 6.23. The van der Waals surface area contributed by atoms with Crippen molar-refractivity contribution < 1.29 is 19.0 Å². The second kappa shape index (κ2) is 7.13. The minimum Gasteiger partial charge on any atom is -0.494 e. The Morgan fingerprint density at radius 3 is 2.77 bits per heavy atom. The molecule has 0 aliphatic rings. The van der Waals surface area contributed by atoms with E-state index in [1.165, 1.54) is 19.2 Å². The van der Waals surface area contributed by atoms with Crippen molar-refractivity contribution in [3.63, 3.8) is 0 Å². The molecule has 0 aliphatic heterocycles. The molecule has 1 aromatic heterocycles. The number of rotatable bonds is 5. The van der Waals surface area contributed by atoms with Crippen LogP contribution in [0.4, 0.5) is 4.39 Å². The largest absolute Gasteiger partial charge is 0.494 e. The first kappa shape index (κ1) is 16.1. The fraction of sp³-hybridized carbons (Fsp3) is 0.133. The van der Waals surface area contributed by atoms with Gasteiger partial charge in [-0.15, -0.1) is 0 Å². The van der Waals surface area contributed by atoms with Crippen molar-refractivity contribution in [1.82, 2.24) is 4.98 Å². The molecule has 0 saturated heterocycles. The van der Waals surface area contributed by atoms with Crippen molar-refractivity contribution in [3.05, 3.63) is 58.1 Å². The van der Waals surface area contributed by atoms with Gasteiger partial charge in [-0.1, -0.05) is 0 Å². The third-order valence-corrected chi connectivity index (χ3v) is 3.28. The summed E-state index contributed by atoms with van der Waals surface area (Å²) in [6.45, 7) is 0.106. The lowest BCUT2D eigenvalue weighted by Crippen LogP contribution is -2.15. The van der Waals surface area contributed by atoms with Crippen molar-refractivity contribution in [2.75, 3.05) is 7.11 Å². The first-order chi connectivity index (χ1) is 10.5. The summed E-state index contributed by atoms with van der Waals surface area (Å²) in [7, 11) is 1.31. The number of carboxylic acids is 1. The molecule has 1 N–H and O–H groups in total. The number of carbonyl (C=O) groups is 1. The standard InChI is InChI=1S/C15H12BrFN2O3/c1-22-13-6-9(2-5-12(13)17)14(15(20)21)19-8-11-4-3-10(16)7-18-11/h2-7H,8H2,1H3,(H,20,21). The molecular weight excluding hydrogens is 355 g/mol. The molecule has 2 aromatic rings. The van der Waals surface area contributed by atoms with E-state index in [9.17, 15) is 14.3 Å². The molecule has 114 valence electrons. The summed E-state index contributed by atoms with van der Waals surface area (Å²) in [6.07, 6.45) is 1.60. The van der Waals surface area contributed by atoms with E-state index in [4.69, 9.17) is 4.74 Å². The third kappa shape index (κ3) is 3.88. The highest BCUT2D eigenvalue weighted by Gasteiger charge is 2.15. The van der Waals surface area contributed by atoms with E-state index in [1.54, 1.807) is 18.3 Å². The number of benzene rings is 1. The Labute approximate surface area is 134 Å². The molecule has 0 bridgehead atoms. The van der Waals surface area contributed by atoms with E-state index >= 15 is 0 Å². The molecule has 0 atom stereocenters. The van der Waals surface area contributed by atoms with Crippen LogP contribution in [0.2, 0.25) is 0 Å². The lowest BCUT2D eigenvalue weighted by Gasteiger charge is -2.06. The van der Waals surface area contributed by atoms with Crippen LogP contribution in [0.3, 0.4) is 0 Å². The average molecular weight is 367 g/mol. The highest BCUT2D eigenvalue weighted by atomic mass is 79.9. The van der Waals surface area contributed by atoms with Crippen molar-refractivity contribution in [2.24, 2.45) is 4.99 Å². The van der Waals surface area contributed by atoms with Gasteiger partial charge in [-0.2, -0.15) is 0 Å². The zero-order chi connectivity index (χ0) is 16.1. The molecule has 0 radical (unpaired) electrons. The molecule has 0 unspecified atom stereocenters. The maximum atomic E-state index is 13.4. The Morgan fingerprint density at radius 2 is 2.18 bits per heavy atom. The smallest absolute Gasteiger partial charge is 0.354 e. The van der Waals surface area contributed by atoms with E-state index in [0.29, 0.717) is 5.69 Å². The number of halogens is 2. The van der Waals surface area contributed by atoms with E-state index < -0.39 is 11.8 Å². The van der Waals surface area contributed by atoms with E-state index in [1.807, 2.05) is 0 Å². The Hall–Kier alpha value is -2.28. The summed E-state index contributed by atoms with van der Waals surface area (Å²) in [5, 5.41) is 9.29. The molecule has 0 amide bonds. The molecule has 22 heavy (non-hydrogen) atoms. The summed E-state index contributed by atoms with van der Waals surface area (Å²) in [5.74, 6) is -1.80. The summed E-state index contributed by atoms with van der Waals surface area (Å²) in [6, 6.07) is 7.32. The van der Waals surface area contributed by atoms with Crippen molar-refractivity contribution >= 4 is 27.6 Å². The molecule has 0 spiro atoms. The van der Waals surface area contributed by atoms with Crippen LogP contribution in [0.15, 0.2) is 46.0 Å². The normalized spacial score (nSPS) is 11.3. The number of pyridine rings is 1. The summed E-state index contributed by atoms with van der Waals surface area (Å²) in [5.41, 5.74) is 0.710. The number of ether oxygens (including phenoxy) is 1. The van der Waals surface area contributed by atoms with Gasteiger partial charge < -0.3 is 9.84 Å². The van der Waals surface area contributed by atoms with Crippen molar-refractivity contribution in [1.29, 1.82) is 0 Å². The van der Waals surface area contributed by atoms with E-state index in [0.717, 1.165) is 10.5 Å². The number of aliphatic imine (C=N–C) groups is 1. The number of aromatic nitrogens is 1. The van der Waals surface area contributed by atoms with Crippen LogP contribution in [-0.2, 0) is 11.3 Å². The molecule has 5 nitrogen and oxygen atoms in total. The topological polar surface area (TPSA) is 71.8 Å². The van der Waals surface area contributed by atoms with E-state index in [-0.39, 0.29) is 23.6 Å². The number of nitrogens with zero attached hydrogens (tertiary/aromatic N) is 2. The van der Waals surface area contributed by atoms with Crippen molar-refractivity contribution in [3.8, 4) is 5.75 Å². The number of hydrogen-bond donors (Lipinski definition) is 1. The molecule has 0 fully saturated rings. The van der Waals surface area contributed by atoms with Gasteiger partial charge in [0.05, 0.1) is 19.3 Å². The van der Waals surface area contributed by atoms with Gasteiger partial charge in [-0.05, 0) is 46.3 Å².